The Bertz CT molecular complexity index is 746. The minimum Gasteiger partial charge on any atom is -0.340 e. The van der Waals surface area contributed by atoms with Gasteiger partial charge in [-0.1, -0.05) is 17.7 Å². The van der Waals surface area contributed by atoms with Crippen molar-refractivity contribution in [1.29, 1.82) is 0 Å². The molecule has 0 spiro atoms. The maximum absolute atomic E-state index is 13.1. The van der Waals surface area contributed by atoms with Crippen molar-refractivity contribution >= 4 is 34.0 Å². The second kappa shape index (κ2) is 4.82. The Labute approximate surface area is 114 Å². The number of benzene rings is 2. The predicted octanol–water partition coefficient (Wildman–Crippen LogP) is 4.17. The van der Waals surface area contributed by atoms with Crippen LogP contribution in [0, 0.1) is 5.82 Å². The second-order valence-corrected chi connectivity index (χ2v) is 4.46. The van der Waals surface area contributed by atoms with E-state index in [4.69, 9.17) is 11.6 Å². The maximum atomic E-state index is 13.1. The van der Waals surface area contributed by atoms with Gasteiger partial charge >= 0.3 is 0 Å². The van der Waals surface area contributed by atoms with Crippen LogP contribution in [0.1, 0.15) is 0 Å². The molecule has 3 aromatic rings. The van der Waals surface area contributed by atoms with Crippen LogP contribution in [0.2, 0.25) is 5.02 Å². The predicted molar refractivity (Wildman–Crippen MR) is 74.2 cm³/mol. The lowest BCUT2D eigenvalue weighted by Crippen LogP contribution is -1.96. The van der Waals surface area contributed by atoms with Crippen molar-refractivity contribution in [3.63, 3.8) is 0 Å². The number of anilines is 2. The molecule has 3 nitrogen and oxygen atoms in total. The summed E-state index contributed by atoms with van der Waals surface area (Å²) in [4.78, 5) is 8.33. The van der Waals surface area contributed by atoms with Gasteiger partial charge in [0.05, 0.1) is 5.52 Å². The third-order valence-corrected chi connectivity index (χ3v) is 2.92. The van der Waals surface area contributed by atoms with Crippen LogP contribution in [-0.2, 0) is 0 Å². The summed E-state index contributed by atoms with van der Waals surface area (Å²) in [6.07, 6.45) is 1.44. The first kappa shape index (κ1) is 11.9. The quantitative estimate of drug-likeness (QED) is 0.762. The SMILES string of the molecule is Fc1cccc(Nc2ncnc3cc(Cl)ccc23)c1. The van der Waals surface area contributed by atoms with Gasteiger partial charge < -0.3 is 5.32 Å². The molecule has 0 fully saturated rings. The van der Waals surface area contributed by atoms with Gasteiger partial charge in [-0.15, -0.1) is 0 Å². The van der Waals surface area contributed by atoms with Crippen molar-refractivity contribution in [2.45, 2.75) is 0 Å². The normalized spacial score (nSPS) is 10.6. The highest BCUT2D eigenvalue weighted by Gasteiger charge is 2.05. The van der Waals surface area contributed by atoms with Crippen molar-refractivity contribution < 1.29 is 4.39 Å². The largest absolute Gasteiger partial charge is 0.340 e. The molecule has 94 valence electrons. The minimum atomic E-state index is -0.300. The molecule has 0 atom stereocenters. The van der Waals surface area contributed by atoms with Crippen LogP contribution in [0.5, 0.6) is 0 Å². The van der Waals surface area contributed by atoms with Gasteiger partial charge in [0.2, 0.25) is 0 Å². The fraction of sp³-hybridized carbons (Fsp3) is 0. The van der Waals surface area contributed by atoms with Gasteiger partial charge in [-0.3, -0.25) is 0 Å². The van der Waals surface area contributed by atoms with Crippen LogP contribution < -0.4 is 5.32 Å². The summed E-state index contributed by atoms with van der Waals surface area (Å²) in [5, 5.41) is 4.52. The molecule has 0 radical (unpaired) electrons. The molecule has 0 aliphatic rings. The molecule has 1 N–H and O–H groups in total. The van der Waals surface area contributed by atoms with E-state index in [1.807, 2.05) is 6.07 Å². The summed E-state index contributed by atoms with van der Waals surface area (Å²) >= 11 is 5.92. The number of rotatable bonds is 2. The van der Waals surface area contributed by atoms with E-state index in [-0.39, 0.29) is 5.82 Å². The van der Waals surface area contributed by atoms with E-state index in [2.05, 4.69) is 15.3 Å². The molecule has 1 heterocycles. The van der Waals surface area contributed by atoms with Crippen molar-refractivity contribution in [3.8, 4) is 0 Å². The molecule has 0 bridgehead atoms. The van der Waals surface area contributed by atoms with Gasteiger partial charge in [-0.25, -0.2) is 14.4 Å². The van der Waals surface area contributed by atoms with Gasteiger partial charge in [-0.2, -0.15) is 0 Å². The van der Waals surface area contributed by atoms with E-state index >= 15 is 0 Å². The zero-order valence-electron chi connectivity index (χ0n) is 9.77. The number of aromatic nitrogens is 2. The molecule has 3 rings (SSSR count). The van der Waals surface area contributed by atoms with E-state index in [1.165, 1.54) is 18.5 Å². The minimum absolute atomic E-state index is 0.300. The zero-order valence-corrected chi connectivity index (χ0v) is 10.5. The first-order chi connectivity index (χ1) is 9.22. The van der Waals surface area contributed by atoms with Crippen LogP contribution in [0.15, 0.2) is 48.8 Å². The highest BCUT2D eigenvalue weighted by atomic mass is 35.5. The van der Waals surface area contributed by atoms with Crippen LogP contribution in [0.25, 0.3) is 10.9 Å². The number of nitrogens with zero attached hydrogens (tertiary/aromatic N) is 2. The highest BCUT2D eigenvalue weighted by molar-refractivity contribution is 6.31. The molecule has 5 heteroatoms. The van der Waals surface area contributed by atoms with Gasteiger partial charge in [0.1, 0.15) is 18.0 Å². The Morgan fingerprint density at radius 2 is 1.95 bits per heavy atom. The van der Waals surface area contributed by atoms with E-state index in [1.54, 1.807) is 24.3 Å². The average molecular weight is 274 g/mol. The molecule has 0 aliphatic carbocycles. The van der Waals surface area contributed by atoms with E-state index in [0.29, 0.717) is 16.5 Å². The molecule has 0 saturated carbocycles. The number of hydrogen-bond acceptors (Lipinski definition) is 3. The summed E-state index contributed by atoms with van der Waals surface area (Å²) in [7, 11) is 0. The third-order valence-electron chi connectivity index (χ3n) is 2.69. The fourth-order valence-electron chi connectivity index (χ4n) is 1.83. The van der Waals surface area contributed by atoms with Crippen LogP contribution >= 0.6 is 11.6 Å². The van der Waals surface area contributed by atoms with Gasteiger partial charge in [0.25, 0.3) is 0 Å². The third kappa shape index (κ3) is 2.48. The monoisotopic (exact) mass is 273 g/mol. The van der Waals surface area contributed by atoms with Crippen molar-refractivity contribution in [2.24, 2.45) is 0 Å². The molecule has 0 amide bonds. The second-order valence-electron chi connectivity index (χ2n) is 4.02. The molecule has 0 saturated heterocycles. The highest BCUT2D eigenvalue weighted by Crippen LogP contribution is 2.25. The number of hydrogen-bond donors (Lipinski definition) is 1. The van der Waals surface area contributed by atoms with Crippen LogP contribution in [-0.4, -0.2) is 9.97 Å². The van der Waals surface area contributed by atoms with Crippen molar-refractivity contribution in [1.82, 2.24) is 9.97 Å². The van der Waals surface area contributed by atoms with Gasteiger partial charge in [0.15, 0.2) is 0 Å². The average Bonchev–Trinajstić information content (AvgIpc) is 2.38. The Kier molecular flexibility index (Phi) is 3.01. The number of halogens is 2. The first-order valence-corrected chi connectivity index (χ1v) is 6.03. The lowest BCUT2D eigenvalue weighted by Gasteiger charge is -2.08. The standard InChI is InChI=1S/C14H9ClFN3/c15-9-4-5-12-13(6-9)17-8-18-14(12)19-11-3-1-2-10(16)7-11/h1-8H,(H,17,18,19). The first-order valence-electron chi connectivity index (χ1n) is 5.65. The molecular formula is C14H9ClFN3. The Hall–Kier alpha value is -2.20. The summed E-state index contributed by atoms with van der Waals surface area (Å²) < 4.78 is 13.1. The van der Waals surface area contributed by atoms with Crippen molar-refractivity contribution in [2.75, 3.05) is 5.32 Å². The van der Waals surface area contributed by atoms with E-state index in [0.717, 1.165) is 10.9 Å². The summed E-state index contributed by atoms with van der Waals surface area (Å²) in [6.45, 7) is 0. The summed E-state index contributed by atoms with van der Waals surface area (Å²) in [5.41, 5.74) is 1.37. The van der Waals surface area contributed by atoms with Crippen LogP contribution in [0.3, 0.4) is 0 Å². The molecular weight excluding hydrogens is 265 g/mol. The summed E-state index contributed by atoms with van der Waals surface area (Å²) in [6, 6.07) is 11.6. The fourth-order valence-corrected chi connectivity index (χ4v) is 2.00. The van der Waals surface area contributed by atoms with Crippen LogP contribution in [0.4, 0.5) is 15.9 Å². The van der Waals surface area contributed by atoms with Crippen molar-refractivity contribution in [3.05, 3.63) is 59.6 Å². The molecule has 1 aromatic heterocycles. The molecule has 19 heavy (non-hydrogen) atoms. The van der Waals surface area contributed by atoms with Gasteiger partial charge in [-0.05, 0) is 36.4 Å². The molecule has 0 unspecified atom stereocenters. The van der Waals surface area contributed by atoms with E-state index < -0.39 is 0 Å². The topological polar surface area (TPSA) is 37.8 Å². The zero-order chi connectivity index (χ0) is 13.2. The smallest absolute Gasteiger partial charge is 0.141 e. The Morgan fingerprint density at radius 3 is 2.79 bits per heavy atom. The number of fused-ring (bicyclic) bond motifs is 1. The number of nitrogens with one attached hydrogen (secondary N) is 1. The summed E-state index contributed by atoms with van der Waals surface area (Å²) in [5.74, 6) is 0.318. The Morgan fingerprint density at radius 1 is 1.05 bits per heavy atom. The molecule has 0 aliphatic heterocycles. The Balaban J connectivity index is 2.06. The van der Waals surface area contributed by atoms with E-state index in [9.17, 15) is 4.39 Å². The lowest BCUT2D eigenvalue weighted by atomic mass is 10.2. The van der Waals surface area contributed by atoms with Gasteiger partial charge in [0, 0.05) is 16.1 Å². The lowest BCUT2D eigenvalue weighted by molar-refractivity contribution is 0.628. The molecule has 2 aromatic carbocycles. The maximum Gasteiger partial charge on any atom is 0.141 e.